The van der Waals surface area contributed by atoms with Crippen LogP contribution in [0.4, 0.5) is 0 Å². The van der Waals surface area contributed by atoms with Gasteiger partial charge >= 0.3 is 5.09 Å². The minimum absolute atomic E-state index is 0.00358. The molecule has 0 aromatic heterocycles. The molecule has 21 heavy (non-hydrogen) atoms. The maximum atomic E-state index is 10.1. The summed E-state index contributed by atoms with van der Waals surface area (Å²) in [6.45, 7) is 2.37. The molecule has 118 valence electrons. The van der Waals surface area contributed by atoms with Gasteiger partial charge in [-0.05, 0) is 53.6 Å². The molecule has 7 nitrogen and oxygen atoms in total. The summed E-state index contributed by atoms with van der Waals surface area (Å²) in [5.74, 6) is 1.52. The van der Waals surface area contributed by atoms with Gasteiger partial charge < -0.3 is 15.2 Å². The fourth-order valence-corrected chi connectivity index (χ4v) is 2.42. The van der Waals surface area contributed by atoms with E-state index in [1.54, 1.807) is 7.11 Å². The number of nitrogens with zero attached hydrogens (tertiary/aromatic N) is 1. The Bertz CT molecular complexity index is 482. The highest BCUT2D eigenvalue weighted by Gasteiger charge is 2.12. The fourth-order valence-electron chi connectivity index (χ4n) is 1.76. The molecule has 0 radical (unpaired) electrons. The first-order valence-electron chi connectivity index (χ1n) is 6.48. The van der Waals surface area contributed by atoms with Crippen LogP contribution < -0.4 is 15.2 Å². The minimum atomic E-state index is -0.558. The summed E-state index contributed by atoms with van der Waals surface area (Å²) in [6.07, 6.45) is 1.14. The second-order valence-corrected chi connectivity index (χ2v) is 5.71. The summed E-state index contributed by atoms with van der Waals surface area (Å²) < 4.78 is 11.9. The van der Waals surface area contributed by atoms with Gasteiger partial charge in [-0.25, -0.2) is 5.21 Å². The lowest BCUT2D eigenvalue weighted by atomic mass is 10.1. The van der Waals surface area contributed by atoms with Gasteiger partial charge in [0.1, 0.15) is 16.4 Å². The number of halogens is 1. The number of hydrogen-bond donors (Lipinski definition) is 2. The Morgan fingerprint density at radius 1 is 1.38 bits per heavy atom. The van der Waals surface area contributed by atoms with E-state index < -0.39 is 5.09 Å². The highest BCUT2D eigenvalue weighted by molar-refractivity contribution is 14.1. The van der Waals surface area contributed by atoms with Gasteiger partial charge in [0.25, 0.3) is 0 Å². The lowest BCUT2D eigenvalue weighted by Crippen LogP contribution is -2.18. The smallest absolute Gasteiger partial charge is 0.475 e. The van der Waals surface area contributed by atoms with E-state index in [-0.39, 0.29) is 12.6 Å². The number of benzene rings is 1. The molecule has 8 heteroatoms. The van der Waals surface area contributed by atoms with Gasteiger partial charge in [0.2, 0.25) is 0 Å². The van der Waals surface area contributed by atoms with E-state index in [9.17, 15) is 4.91 Å². The van der Waals surface area contributed by atoms with Crippen LogP contribution in [0.5, 0.6) is 11.5 Å². The van der Waals surface area contributed by atoms with Gasteiger partial charge in [-0.3, -0.25) is 0 Å². The van der Waals surface area contributed by atoms with Gasteiger partial charge in [0.05, 0.1) is 17.3 Å². The van der Waals surface area contributed by atoms with Crippen LogP contribution in [0.25, 0.3) is 0 Å². The van der Waals surface area contributed by atoms with Crippen LogP contribution in [0.1, 0.15) is 18.9 Å². The summed E-state index contributed by atoms with van der Waals surface area (Å²) in [5.41, 5.74) is 6.81. The Morgan fingerprint density at radius 2 is 2.10 bits per heavy atom. The number of rotatable bonds is 9. The molecule has 0 spiro atoms. The molecule has 0 unspecified atom stereocenters. The van der Waals surface area contributed by atoms with E-state index in [4.69, 9.17) is 20.4 Å². The second-order valence-electron chi connectivity index (χ2n) is 4.55. The molecule has 0 aliphatic heterocycles. The third kappa shape index (κ3) is 6.34. The largest absolute Gasteiger partial charge is 0.496 e. The zero-order chi connectivity index (χ0) is 15.8. The summed E-state index contributed by atoms with van der Waals surface area (Å²) in [5, 5.41) is 7.73. The lowest BCUT2D eigenvalue weighted by molar-refractivity contribution is -0.975. The van der Waals surface area contributed by atoms with Crippen molar-refractivity contribution in [2.75, 3.05) is 20.3 Å². The molecular formula is C13H20IN2O5+. The monoisotopic (exact) mass is 411 g/mol. The molecular weight excluding hydrogens is 391 g/mol. The minimum Gasteiger partial charge on any atom is -0.496 e. The van der Waals surface area contributed by atoms with Gasteiger partial charge in [0, 0.05) is 12.5 Å². The topological polar surface area (TPSA) is 94.0 Å². The molecule has 0 saturated carbocycles. The first kappa shape index (κ1) is 17.8. The molecule has 0 amide bonds. The Labute approximate surface area is 137 Å². The van der Waals surface area contributed by atoms with Crippen molar-refractivity contribution < 1.29 is 24.6 Å². The molecule has 1 aromatic rings. The standard InChI is InChI=1S/C13H20IN2O5/c1-9(15)6-10-7-13(19-2)11(14)8-12(10)20-4-3-5-21-16(17)18/h7-9H,3-6,15H2,1-2H3,(H,17,18)/q+1/t9-/m0/s1. The predicted octanol–water partition coefficient (Wildman–Crippen LogP) is 2.06. The first-order valence-corrected chi connectivity index (χ1v) is 7.55. The number of ether oxygens (including phenoxy) is 2. The Morgan fingerprint density at radius 3 is 2.67 bits per heavy atom. The molecule has 0 fully saturated rings. The second kappa shape index (κ2) is 8.88. The van der Waals surface area contributed by atoms with E-state index >= 15 is 0 Å². The normalized spacial score (nSPS) is 11.8. The highest BCUT2D eigenvalue weighted by Crippen LogP contribution is 2.30. The van der Waals surface area contributed by atoms with E-state index in [0.717, 1.165) is 20.6 Å². The fraction of sp³-hybridized carbons (Fsp3) is 0.538. The number of methoxy groups -OCH3 is 1. The van der Waals surface area contributed by atoms with Gasteiger partial charge in [-0.2, -0.15) is 4.84 Å². The molecule has 1 atom stereocenters. The van der Waals surface area contributed by atoms with Crippen LogP contribution in [0.15, 0.2) is 12.1 Å². The average Bonchev–Trinajstić information content (AvgIpc) is 2.40. The summed E-state index contributed by atoms with van der Waals surface area (Å²) in [7, 11) is 1.62. The van der Waals surface area contributed by atoms with Crippen molar-refractivity contribution in [2.24, 2.45) is 5.73 Å². The molecule has 0 bridgehead atoms. The van der Waals surface area contributed by atoms with Crippen LogP contribution in [0.3, 0.4) is 0 Å². The van der Waals surface area contributed by atoms with E-state index in [2.05, 4.69) is 27.4 Å². The molecule has 0 aliphatic carbocycles. The number of hydrogen-bond acceptors (Lipinski definition) is 5. The van der Waals surface area contributed by atoms with Crippen LogP contribution >= 0.6 is 22.6 Å². The average molecular weight is 411 g/mol. The van der Waals surface area contributed by atoms with Crippen molar-refractivity contribution in [3.05, 3.63) is 26.2 Å². The van der Waals surface area contributed by atoms with Crippen molar-refractivity contribution in [3.63, 3.8) is 0 Å². The van der Waals surface area contributed by atoms with E-state index in [1.807, 2.05) is 19.1 Å². The highest BCUT2D eigenvalue weighted by atomic mass is 127. The molecule has 1 rings (SSSR count). The van der Waals surface area contributed by atoms with E-state index in [1.165, 1.54) is 0 Å². The van der Waals surface area contributed by atoms with Crippen LogP contribution in [0, 0.1) is 8.48 Å². The maximum Gasteiger partial charge on any atom is 0.475 e. The third-order valence-electron chi connectivity index (χ3n) is 2.62. The summed E-state index contributed by atoms with van der Waals surface area (Å²) >= 11 is 2.17. The molecule has 0 heterocycles. The van der Waals surface area contributed by atoms with Crippen LogP contribution in [0.2, 0.25) is 0 Å². The molecule has 1 aromatic carbocycles. The van der Waals surface area contributed by atoms with Gasteiger partial charge in [0.15, 0.2) is 6.61 Å². The van der Waals surface area contributed by atoms with Crippen molar-refractivity contribution in [1.82, 2.24) is 0 Å². The predicted molar refractivity (Wildman–Crippen MR) is 84.5 cm³/mol. The summed E-state index contributed by atoms with van der Waals surface area (Å²) in [6, 6.07) is 3.82. The third-order valence-corrected chi connectivity index (χ3v) is 3.47. The first-order chi connectivity index (χ1) is 9.93. The molecule has 0 aliphatic rings. The maximum absolute atomic E-state index is 10.1. The SMILES string of the molecule is COc1cc(C[C@H](C)N)c(OCCCO[N+](=O)O)cc1I. The Balaban J connectivity index is 2.70. The van der Waals surface area contributed by atoms with Crippen LogP contribution in [-0.2, 0) is 11.3 Å². The molecule has 3 N–H and O–H groups in total. The van der Waals surface area contributed by atoms with Crippen molar-refractivity contribution in [3.8, 4) is 11.5 Å². The quantitative estimate of drug-likeness (QED) is 0.367. The Kier molecular flexibility index (Phi) is 7.51. The Hall–Kier alpha value is -1.29. The van der Waals surface area contributed by atoms with Crippen molar-refractivity contribution in [1.29, 1.82) is 0 Å². The number of nitrogens with two attached hydrogens (primary N) is 1. The van der Waals surface area contributed by atoms with Gasteiger partial charge in [-0.15, -0.1) is 0 Å². The van der Waals surface area contributed by atoms with Crippen molar-refractivity contribution in [2.45, 2.75) is 25.8 Å². The van der Waals surface area contributed by atoms with Gasteiger partial charge in [-0.1, -0.05) is 0 Å². The summed E-state index contributed by atoms with van der Waals surface area (Å²) in [4.78, 5) is 14.5. The van der Waals surface area contributed by atoms with E-state index in [0.29, 0.717) is 19.4 Å². The van der Waals surface area contributed by atoms with Crippen molar-refractivity contribution >= 4 is 22.6 Å². The molecule has 0 saturated heterocycles. The lowest BCUT2D eigenvalue weighted by Gasteiger charge is -2.15. The zero-order valence-corrected chi connectivity index (χ0v) is 14.2. The van der Waals surface area contributed by atoms with Crippen LogP contribution in [-0.4, -0.2) is 36.7 Å². The zero-order valence-electron chi connectivity index (χ0n) is 12.0.